The average molecular weight is 460 g/mol. The predicted molar refractivity (Wildman–Crippen MR) is 109 cm³/mol. The number of fused-ring (bicyclic) bond motifs is 1. The van der Waals surface area contributed by atoms with Crippen molar-refractivity contribution in [1.82, 2.24) is 24.5 Å². The van der Waals surface area contributed by atoms with Crippen molar-refractivity contribution in [3.63, 3.8) is 0 Å². The minimum Gasteiger partial charge on any atom is -0.444 e. The summed E-state index contributed by atoms with van der Waals surface area (Å²) in [5.41, 5.74) is -1.99. The lowest BCUT2D eigenvalue weighted by molar-refractivity contribution is -0.139. The molecular formula is C20H28F4N6O2. The van der Waals surface area contributed by atoms with Gasteiger partial charge in [-0.15, -0.1) is 5.10 Å². The van der Waals surface area contributed by atoms with E-state index in [0.29, 0.717) is 0 Å². The highest BCUT2D eigenvalue weighted by Crippen LogP contribution is 2.32. The number of rotatable bonds is 4. The number of alkyl halides is 4. The van der Waals surface area contributed by atoms with Crippen molar-refractivity contribution in [3.8, 4) is 0 Å². The number of aromatic nitrogens is 4. The molecular weight excluding hydrogens is 432 g/mol. The van der Waals surface area contributed by atoms with Gasteiger partial charge in [0.25, 0.3) is 0 Å². The van der Waals surface area contributed by atoms with Crippen LogP contribution in [0.25, 0.3) is 5.52 Å². The lowest BCUT2D eigenvalue weighted by Crippen LogP contribution is -2.51. The van der Waals surface area contributed by atoms with Gasteiger partial charge in [0.05, 0.1) is 18.8 Å². The average Bonchev–Trinajstić information content (AvgIpc) is 2.99. The van der Waals surface area contributed by atoms with Crippen molar-refractivity contribution in [2.45, 2.75) is 71.5 Å². The molecule has 0 unspecified atom stereocenters. The standard InChI is InChI=1S/C20H28F4N6O2/c1-11(2)8-15-27-16(20(22,23)24)14-9-25-17(28-30(14)15)26-13-6-7-29(10-12(13)21)18(31)32-19(3,4)5/h9,11-13H,6-8,10H2,1-5H3,(H,26,28)/t12-,13-/m1/s1. The summed E-state index contributed by atoms with van der Waals surface area (Å²) in [5, 5.41) is 7.01. The van der Waals surface area contributed by atoms with Crippen LogP contribution >= 0.6 is 0 Å². The lowest BCUT2D eigenvalue weighted by atomic mass is 10.0. The van der Waals surface area contributed by atoms with E-state index >= 15 is 0 Å². The zero-order chi connectivity index (χ0) is 23.8. The zero-order valence-corrected chi connectivity index (χ0v) is 18.7. The summed E-state index contributed by atoms with van der Waals surface area (Å²) in [6.07, 6.45) is -5.08. The van der Waals surface area contributed by atoms with E-state index in [1.165, 1.54) is 4.90 Å². The number of anilines is 1. The van der Waals surface area contributed by atoms with Gasteiger partial charge in [-0.2, -0.15) is 13.2 Å². The van der Waals surface area contributed by atoms with Gasteiger partial charge in [-0.25, -0.2) is 23.7 Å². The monoisotopic (exact) mass is 460 g/mol. The van der Waals surface area contributed by atoms with Gasteiger partial charge in [-0.1, -0.05) is 13.8 Å². The summed E-state index contributed by atoms with van der Waals surface area (Å²) in [6.45, 7) is 9.00. The van der Waals surface area contributed by atoms with Crippen LogP contribution in [0.3, 0.4) is 0 Å². The molecule has 0 radical (unpaired) electrons. The summed E-state index contributed by atoms with van der Waals surface area (Å²) in [6, 6.07) is -0.703. The van der Waals surface area contributed by atoms with Crippen LogP contribution in [0.5, 0.6) is 0 Å². The Hall–Kier alpha value is -2.66. The van der Waals surface area contributed by atoms with Gasteiger partial charge in [0, 0.05) is 13.0 Å². The normalized spacial score (nSPS) is 20.1. The van der Waals surface area contributed by atoms with Crippen LogP contribution in [0.2, 0.25) is 0 Å². The zero-order valence-electron chi connectivity index (χ0n) is 18.7. The molecule has 0 aliphatic carbocycles. The first kappa shape index (κ1) is 24.0. The minimum absolute atomic E-state index is 0.00741. The molecule has 2 aromatic heterocycles. The Morgan fingerprint density at radius 2 is 2.00 bits per heavy atom. The molecule has 8 nitrogen and oxygen atoms in total. The Kier molecular flexibility index (Phi) is 6.52. The first-order chi connectivity index (χ1) is 14.7. The summed E-state index contributed by atoms with van der Waals surface area (Å²) in [4.78, 5) is 21.2. The third-order valence-corrected chi connectivity index (χ3v) is 4.83. The largest absolute Gasteiger partial charge is 0.444 e. The number of hydrogen-bond donors (Lipinski definition) is 1. The maximum atomic E-state index is 14.8. The second-order valence-electron chi connectivity index (χ2n) is 9.33. The van der Waals surface area contributed by atoms with E-state index in [-0.39, 0.29) is 49.1 Å². The van der Waals surface area contributed by atoms with E-state index in [0.717, 1.165) is 10.7 Å². The van der Waals surface area contributed by atoms with E-state index in [1.54, 1.807) is 20.8 Å². The Balaban J connectivity index is 1.77. The molecule has 1 fully saturated rings. The third-order valence-electron chi connectivity index (χ3n) is 4.83. The third kappa shape index (κ3) is 5.57. The van der Waals surface area contributed by atoms with Gasteiger partial charge in [-0.3, -0.25) is 0 Å². The maximum absolute atomic E-state index is 14.8. The van der Waals surface area contributed by atoms with Crippen LogP contribution in [-0.4, -0.2) is 61.5 Å². The van der Waals surface area contributed by atoms with Crippen LogP contribution in [0.1, 0.15) is 52.6 Å². The van der Waals surface area contributed by atoms with Gasteiger partial charge in [0.15, 0.2) is 5.69 Å². The van der Waals surface area contributed by atoms with Crippen molar-refractivity contribution in [1.29, 1.82) is 0 Å². The number of carbonyl (C=O) groups excluding carboxylic acids is 1. The van der Waals surface area contributed by atoms with E-state index in [2.05, 4.69) is 20.4 Å². The topological polar surface area (TPSA) is 84.7 Å². The minimum atomic E-state index is -4.64. The van der Waals surface area contributed by atoms with Gasteiger partial charge in [0.2, 0.25) is 5.95 Å². The summed E-state index contributed by atoms with van der Waals surface area (Å²) >= 11 is 0. The highest BCUT2D eigenvalue weighted by atomic mass is 19.4. The van der Waals surface area contributed by atoms with Crippen LogP contribution in [0, 0.1) is 5.92 Å². The molecule has 0 bridgehead atoms. The van der Waals surface area contributed by atoms with Crippen molar-refractivity contribution in [2.24, 2.45) is 5.92 Å². The summed E-state index contributed by atoms with van der Waals surface area (Å²) in [7, 11) is 0. The Morgan fingerprint density at radius 3 is 2.56 bits per heavy atom. The molecule has 0 saturated carbocycles. The van der Waals surface area contributed by atoms with Crippen LogP contribution in [-0.2, 0) is 17.3 Å². The second-order valence-corrected chi connectivity index (χ2v) is 9.33. The highest BCUT2D eigenvalue weighted by Gasteiger charge is 2.38. The molecule has 1 aliphatic rings. The molecule has 1 saturated heterocycles. The molecule has 1 N–H and O–H groups in total. The van der Waals surface area contributed by atoms with Crippen molar-refractivity contribution < 1.29 is 27.1 Å². The molecule has 3 rings (SSSR count). The van der Waals surface area contributed by atoms with Crippen LogP contribution < -0.4 is 5.32 Å². The fraction of sp³-hybridized carbons (Fsp3) is 0.700. The Bertz CT molecular complexity index is 969. The van der Waals surface area contributed by atoms with E-state index in [1.807, 2.05) is 13.8 Å². The predicted octanol–water partition coefficient (Wildman–Crippen LogP) is 4.10. The van der Waals surface area contributed by atoms with Gasteiger partial charge in [-0.05, 0) is 33.1 Å². The molecule has 0 aromatic carbocycles. The molecule has 1 aliphatic heterocycles. The van der Waals surface area contributed by atoms with Gasteiger partial charge >= 0.3 is 12.3 Å². The number of nitrogens with zero attached hydrogens (tertiary/aromatic N) is 5. The van der Waals surface area contributed by atoms with Crippen molar-refractivity contribution in [2.75, 3.05) is 18.4 Å². The Morgan fingerprint density at radius 1 is 1.31 bits per heavy atom. The lowest BCUT2D eigenvalue weighted by Gasteiger charge is -2.35. The quantitative estimate of drug-likeness (QED) is 0.692. The molecule has 2 aromatic rings. The molecule has 178 valence electrons. The van der Waals surface area contributed by atoms with Crippen LogP contribution in [0.4, 0.5) is 28.3 Å². The molecule has 32 heavy (non-hydrogen) atoms. The molecule has 1 amide bonds. The maximum Gasteiger partial charge on any atom is 0.435 e. The number of ether oxygens (including phenoxy) is 1. The number of carbonyl (C=O) groups is 1. The van der Waals surface area contributed by atoms with Gasteiger partial charge in [0.1, 0.15) is 23.1 Å². The van der Waals surface area contributed by atoms with E-state index in [9.17, 15) is 22.4 Å². The smallest absolute Gasteiger partial charge is 0.435 e. The number of halogens is 4. The summed E-state index contributed by atoms with van der Waals surface area (Å²) < 4.78 is 61.2. The number of likely N-dealkylation sites (tertiary alicyclic amines) is 1. The molecule has 12 heteroatoms. The Labute approximate surface area is 183 Å². The SMILES string of the molecule is CC(C)Cc1nc(C(F)(F)F)c2cnc(N[C@@H]3CCN(C(=O)OC(C)(C)C)C[C@H]3F)nn12. The van der Waals surface area contributed by atoms with Crippen molar-refractivity contribution >= 4 is 17.6 Å². The number of amides is 1. The number of imidazole rings is 1. The van der Waals surface area contributed by atoms with E-state index in [4.69, 9.17) is 4.74 Å². The van der Waals surface area contributed by atoms with Crippen molar-refractivity contribution in [3.05, 3.63) is 17.7 Å². The fourth-order valence-electron chi connectivity index (χ4n) is 3.44. The highest BCUT2D eigenvalue weighted by molar-refractivity contribution is 5.68. The van der Waals surface area contributed by atoms with Gasteiger partial charge < -0.3 is 15.0 Å². The fourth-order valence-corrected chi connectivity index (χ4v) is 3.44. The summed E-state index contributed by atoms with van der Waals surface area (Å²) in [5.74, 6) is 0.205. The molecule has 0 spiro atoms. The second kappa shape index (κ2) is 8.70. The molecule has 2 atom stereocenters. The van der Waals surface area contributed by atoms with E-state index < -0.39 is 35.8 Å². The first-order valence-electron chi connectivity index (χ1n) is 10.4. The number of hydrogen-bond acceptors (Lipinski definition) is 6. The number of nitrogens with one attached hydrogen (secondary N) is 1. The number of piperidine rings is 1. The van der Waals surface area contributed by atoms with Crippen LogP contribution in [0.15, 0.2) is 6.20 Å². The molecule has 3 heterocycles. The first-order valence-corrected chi connectivity index (χ1v) is 10.4.